The fourth-order valence-electron chi connectivity index (χ4n) is 5.26. The van der Waals surface area contributed by atoms with Crippen molar-refractivity contribution in [2.45, 2.75) is 29.5 Å². The molecule has 12 nitrogen and oxygen atoms in total. The molecular weight excluding hydrogens is 605 g/mol. The van der Waals surface area contributed by atoms with Gasteiger partial charge in [-0.2, -0.15) is 5.26 Å². The molecule has 1 unspecified atom stereocenters. The largest absolute Gasteiger partial charge is 0.497 e. The van der Waals surface area contributed by atoms with E-state index in [0.29, 0.717) is 74.3 Å². The minimum Gasteiger partial charge on any atom is -0.497 e. The molecule has 0 spiro atoms. The lowest BCUT2D eigenvalue weighted by Gasteiger charge is -2.38. The van der Waals surface area contributed by atoms with Crippen LogP contribution in [0.5, 0.6) is 23.0 Å². The Hall–Kier alpha value is -4.74. The number of hydrogen-bond acceptors (Lipinski definition) is 13. The number of nitrogens with zero attached hydrogens (tertiary/aromatic N) is 4. The van der Waals surface area contributed by atoms with Crippen molar-refractivity contribution in [3.63, 3.8) is 0 Å². The van der Waals surface area contributed by atoms with Crippen LogP contribution in [0, 0.1) is 11.3 Å². The number of thioether (sulfide) groups is 1. The van der Waals surface area contributed by atoms with Gasteiger partial charge in [0.25, 0.3) is 0 Å². The molecule has 14 heteroatoms. The molecule has 2 aliphatic rings. The highest BCUT2D eigenvalue weighted by Gasteiger charge is 2.42. The highest BCUT2D eigenvalue weighted by molar-refractivity contribution is 8.01. The van der Waals surface area contributed by atoms with E-state index in [9.17, 15) is 14.9 Å². The van der Waals surface area contributed by atoms with E-state index < -0.39 is 5.92 Å². The van der Waals surface area contributed by atoms with Crippen molar-refractivity contribution in [1.82, 2.24) is 10.2 Å². The van der Waals surface area contributed by atoms with Crippen molar-refractivity contribution in [1.29, 1.82) is 5.26 Å². The Morgan fingerprint density at radius 2 is 1.77 bits per heavy atom. The van der Waals surface area contributed by atoms with Gasteiger partial charge in [-0.1, -0.05) is 23.1 Å². The predicted molar refractivity (Wildman–Crippen MR) is 166 cm³/mol. The van der Waals surface area contributed by atoms with Gasteiger partial charge in [0.15, 0.2) is 10.1 Å². The van der Waals surface area contributed by atoms with E-state index in [0.717, 1.165) is 0 Å². The molecule has 44 heavy (non-hydrogen) atoms. The van der Waals surface area contributed by atoms with Crippen LogP contribution in [-0.2, 0) is 9.59 Å². The van der Waals surface area contributed by atoms with Crippen LogP contribution in [0.1, 0.15) is 30.7 Å². The highest BCUT2D eigenvalue weighted by Crippen LogP contribution is 2.49. The Kier molecular flexibility index (Phi) is 9.26. The summed E-state index contributed by atoms with van der Waals surface area (Å²) in [5.74, 6) is 1.27. The average molecular weight is 635 g/mol. The molecule has 3 N–H and O–H groups in total. The third kappa shape index (κ3) is 5.88. The first-order valence-electron chi connectivity index (χ1n) is 13.5. The number of amides is 1. The Balaban J connectivity index is 1.44. The Labute approximate surface area is 262 Å². The highest BCUT2D eigenvalue weighted by atomic mass is 32.2. The Bertz CT molecular complexity index is 1710. The van der Waals surface area contributed by atoms with E-state index in [1.165, 1.54) is 44.4 Å². The van der Waals surface area contributed by atoms with Crippen LogP contribution in [0.2, 0.25) is 0 Å². The quantitative estimate of drug-likeness (QED) is 0.298. The predicted octanol–water partition coefficient (Wildman–Crippen LogP) is 4.61. The van der Waals surface area contributed by atoms with Gasteiger partial charge in [0, 0.05) is 29.3 Å². The first-order chi connectivity index (χ1) is 21.3. The van der Waals surface area contributed by atoms with Crippen molar-refractivity contribution < 1.29 is 28.5 Å². The molecule has 5 rings (SSSR count). The molecule has 0 saturated heterocycles. The number of nitrogens with two attached hydrogens (primary N) is 1. The number of allylic oxidation sites excluding steroid dienone is 3. The van der Waals surface area contributed by atoms with Crippen LogP contribution in [0.3, 0.4) is 0 Å². The SMILES string of the molecule is COc1ccc(OC)c(NC(=O)CSc2nnc(N3C(N)=C(C#N)C(c4cc(OC)ccc4OC)C4=C3CCCC4=O)s2)c1. The maximum absolute atomic E-state index is 13.5. The van der Waals surface area contributed by atoms with Crippen molar-refractivity contribution in [2.24, 2.45) is 5.73 Å². The number of Topliss-reactive ketones (excluding diaryl/α,β-unsaturated/α-hetero) is 1. The first kappa shape index (κ1) is 30.7. The molecule has 0 saturated carbocycles. The number of ether oxygens (including phenoxy) is 4. The van der Waals surface area contributed by atoms with Gasteiger partial charge < -0.3 is 30.0 Å². The topological polar surface area (TPSA) is 162 Å². The molecule has 0 bridgehead atoms. The summed E-state index contributed by atoms with van der Waals surface area (Å²) < 4.78 is 22.1. The number of nitriles is 1. The fraction of sp³-hybridized carbons (Fsp3) is 0.300. The molecule has 1 atom stereocenters. The van der Waals surface area contributed by atoms with Crippen molar-refractivity contribution in [2.75, 3.05) is 44.4 Å². The zero-order valence-electron chi connectivity index (χ0n) is 24.5. The Morgan fingerprint density at radius 3 is 2.45 bits per heavy atom. The third-order valence-corrected chi connectivity index (χ3v) is 9.30. The number of carbonyl (C=O) groups is 2. The zero-order chi connectivity index (χ0) is 31.4. The van der Waals surface area contributed by atoms with Gasteiger partial charge in [-0.3, -0.25) is 14.5 Å². The second kappa shape index (κ2) is 13.3. The number of nitrogens with one attached hydrogen (secondary N) is 1. The van der Waals surface area contributed by atoms with Gasteiger partial charge in [0.1, 0.15) is 28.8 Å². The summed E-state index contributed by atoms with van der Waals surface area (Å²) in [5, 5.41) is 22.2. The van der Waals surface area contributed by atoms with Crippen LogP contribution < -0.4 is 34.9 Å². The number of ketones is 1. The summed E-state index contributed by atoms with van der Waals surface area (Å²) >= 11 is 2.41. The normalized spacial score (nSPS) is 16.3. The molecule has 0 radical (unpaired) electrons. The number of hydrogen-bond donors (Lipinski definition) is 2. The lowest BCUT2D eigenvalue weighted by Crippen LogP contribution is -2.38. The fourth-order valence-corrected chi connectivity index (χ4v) is 6.94. The Morgan fingerprint density at radius 1 is 1.07 bits per heavy atom. The summed E-state index contributed by atoms with van der Waals surface area (Å²) in [4.78, 5) is 27.9. The summed E-state index contributed by atoms with van der Waals surface area (Å²) in [6.07, 6.45) is 1.52. The maximum Gasteiger partial charge on any atom is 0.234 e. The van der Waals surface area contributed by atoms with Crippen molar-refractivity contribution in [3.05, 3.63) is 64.6 Å². The third-order valence-electron chi connectivity index (χ3n) is 7.26. The van der Waals surface area contributed by atoms with Crippen LogP contribution in [0.15, 0.2) is 63.4 Å². The number of aromatic nitrogens is 2. The molecule has 1 aromatic heterocycles. The van der Waals surface area contributed by atoms with E-state index >= 15 is 0 Å². The number of rotatable bonds is 10. The van der Waals surface area contributed by atoms with Gasteiger partial charge in [-0.15, -0.1) is 10.2 Å². The summed E-state index contributed by atoms with van der Waals surface area (Å²) in [6.45, 7) is 0. The van der Waals surface area contributed by atoms with Gasteiger partial charge >= 0.3 is 0 Å². The summed E-state index contributed by atoms with van der Waals surface area (Å²) in [6, 6.07) is 12.6. The van der Waals surface area contributed by atoms with Crippen molar-refractivity contribution in [3.8, 4) is 29.1 Å². The maximum atomic E-state index is 13.5. The van der Waals surface area contributed by atoms with E-state index in [-0.39, 0.29) is 28.8 Å². The molecule has 228 valence electrons. The second-order valence-corrected chi connectivity index (χ2v) is 11.9. The van der Waals surface area contributed by atoms with E-state index in [1.54, 1.807) is 48.4 Å². The molecule has 3 aromatic rings. The van der Waals surface area contributed by atoms with Crippen LogP contribution in [0.25, 0.3) is 0 Å². The molecule has 2 aromatic carbocycles. The average Bonchev–Trinajstić information content (AvgIpc) is 3.51. The van der Waals surface area contributed by atoms with Gasteiger partial charge in [-0.25, -0.2) is 0 Å². The van der Waals surface area contributed by atoms with Crippen molar-refractivity contribution >= 4 is 45.6 Å². The monoisotopic (exact) mass is 634 g/mol. The summed E-state index contributed by atoms with van der Waals surface area (Å²) in [5.41, 5.74) is 9.12. The number of anilines is 2. The lowest BCUT2D eigenvalue weighted by atomic mass is 9.75. The van der Waals surface area contributed by atoms with Gasteiger partial charge in [0.05, 0.1) is 57.4 Å². The molecule has 2 heterocycles. The smallest absolute Gasteiger partial charge is 0.234 e. The van der Waals surface area contributed by atoms with Crippen LogP contribution in [0.4, 0.5) is 10.8 Å². The summed E-state index contributed by atoms with van der Waals surface area (Å²) in [7, 11) is 6.14. The molecule has 1 aliphatic carbocycles. The van der Waals surface area contributed by atoms with E-state index in [1.807, 2.05) is 0 Å². The number of benzene rings is 2. The van der Waals surface area contributed by atoms with Gasteiger partial charge in [-0.05, 0) is 43.2 Å². The van der Waals surface area contributed by atoms with E-state index in [4.69, 9.17) is 24.7 Å². The molecule has 1 amide bonds. The molecule has 0 fully saturated rings. The number of carbonyl (C=O) groups excluding carboxylic acids is 2. The molecular formula is C30H30N6O6S2. The lowest BCUT2D eigenvalue weighted by molar-refractivity contribution is -0.116. The second-order valence-electron chi connectivity index (χ2n) is 9.68. The van der Waals surface area contributed by atoms with E-state index in [2.05, 4.69) is 21.6 Å². The molecule has 1 aliphatic heterocycles. The minimum absolute atomic E-state index is 0.0495. The van der Waals surface area contributed by atoms with Gasteiger partial charge in [0.2, 0.25) is 11.0 Å². The minimum atomic E-state index is -0.733. The first-order valence-corrected chi connectivity index (χ1v) is 15.3. The van der Waals surface area contributed by atoms with Crippen LogP contribution in [-0.4, -0.2) is 56.1 Å². The number of methoxy groups -OCH3 is 4. The standard InChI is InChI=1S/C30H30N6O6S2/c1-39-16-8-10-23(41-3)18(12-16)26-19(14-31)28(32)36(21-6-5-7-22(37)27(21)26)29-34-35-30(44-29)43-15-25(38)33-20-13-17(40-2)9-11-24(20)42-4/h8-13,26H,5-7,15,32H2,1-4H3,(H,33,38). The zero-order valence-corrected chi connectivity index (χ0v) is 26.1. The van der Waals surface area contributed by atoms with Crippen LogP contribution >= 0.6 is 23.1 Å².